The van der Waals surface area contributed by atoms with Crippen LogP contribution in [0.25, 0.3) is 0 Å². The highest BCUT2D eigenvalue weighted by Gasteiger charge is 2.18. The number of hydrogen-bond acceptors (Lipinski definition) is 2. The first kappa shape index (κ1) is 12.1. The van der Waals surface area contributed by atoms with Gasteiger partial charge in [0, 0.05) is 12.5 Å². The number of nitrogens with one attached hydrogen (secondary N) is 2. The summed E-state index contributed by atoms with van der Waals surface area (Å²) in [5, 5.41) is 6.38. The molecule has 17 heavy (non-hydrogen) atoms. The Bertz CT molecular complexity index is 358. The highest BCUT2D eigenvalue weighted by molar-refractivity contribution is 5.77. The van der Waals surface area contributed by atoms with E-state index in [1.807, 2.05) is 37.3 Å². The van der Waals surface area contributed by atoms with E-state index in [4.69, 9.17) is 0 Å². The van der Waals surface area contributed by atoms with Crippen molar-refractivity contribution in [1.82, 2.24) is 10.6 Å². The first-order chi connectivity index (χ1) is 8.25. The average Bonchev–Trinajstić information content (AvgIpc) is 2.82. The van der Waals surface area contributed by atoms with Crippen LogP contribution in [0.5, 0.6) is 0 Å². The predicted octanol–water partition coefficient (Wildman–Crippen LogP) is 2.01. The van der Waals surface area contributed by atoms with Crippen LogP contribution in [-0.4, -0.2) is 18.5 Å². The fourth-order valence-electron chi connectivity index (χ4n) is 2.28. The van der Waals surface area contributed by atoms with Crippen molar-refractivity contribution < 1.29 is 4.79 Å². The number of rotatable bonds is 4. The van der Waals surface area contributed by atoms with Crippen LogP contribution in [0, 0.1) is 0 Å². The summed E-state index contributed by atoms with van der Waals surface area (Å²) in [7, 11) is 0. The lowest BCUT2D eigenvalue weighted by Crippen LogP contribution is -2.33. The van der Waals surface area contributed by atoms with Crippen molar-refractivity contribution in [3.8, 4) is 0 Å². The maximum atomic E-state index is 11.8. The molecule has 1 aromatic carbocycles. The Morgan fingerprint density at radius 3 is 2.88 bits per heavy atom. The summed E-state index contributed by atoms with van der Waals surface area (Å²) in [5.41, 5.74) is 1.15. The highest BCUT2D eigenvalue weighted by Crippen LogP contribution is 2.13. The van der Waals surface area contributed by atoms with Crippen LogP contribution < -0.4 is 10.6 Å². The van der Waals surface area contributed by atoms with Crippen molar-refractivity contribution in [1.29, 1.82) is 0 Å². The monoisotopic (exact) mass is 232 g/mol. The second-order valence-electron chi connectivity index (χ2n) is 4.70. The molecule has 2 N–H and O–H groups in total. The molecule has 3 heteroatoms. The second kappa shape index (κ2) is 5.82. The number of carbonyl (C=O) groups excluding carboxylic acids is 1. The van der Waals surface area contributed by atoms with Gasteiger partial charge in [0.05, 0.1) is 6.04 Å². The minimum Gasteiger partial charge on any atom is -0.350 e. The van der Waals surface area contributed by atoms with Crippen LogP contribution in [0.4, 0.5) is 0 Å². The predicted molar refractivity (Wildman–Crippen MR) is 68.6 cm³/mol. The van der Waals surface area contributed by atoms with Gasteiger partial charge in [-0.25, -0.2) is 0 Å². The summed E-state index contributed by atoms with van der Waals surface area (Å²) in [6, 6.07) is 10.5. The Balaban J connectivity index is 1.81. The molecule has 0 aromatic heterocycles. The zero-order valence-corrected chi connectivity index (χ0v) is 10.3. The third-order valence-electron chi connectivity index (χ3n) is 3.27. The third-order valence-corrected chi connectivity index (χ3v) is 3.27. The zero-order chi connectivity index (χ0) is 12.1. The van der Waals surface area contributed by atoms with Crippen LogP contribution in [-0.2, 0) is 4.79 Å². The minimum absolute atomic E-state index is 0.0881. The number of carbonyl (C=O) groups is 1. The van der Waals surface area contributed by atoms with Crippen molar-refractivity contribution in [2.45, 2.75) is 38.3 Å². The quantitative estimate of drug-likeness (QED) is 0.833. The molecular weight excluding hydrogens is 212 g/mol. The maximum absolute atomic E-state index is 11.8. The van der Waals surface area contributed by atoms with Crippen LogP contribution in [0.1, 0.15) is 37.8 Å². The van der Waals surface area contributed by atoms with Crippen LogP contribution >= 0.6 is 0 Å². The molecule has 1 heterocycles. The van der Waals surface area contributed by atoms with Gasteiger partial charge in [0.15, 0.2) is 0 Å². The summed E-state index contributed by atoms with van der Waals surface area (Å²) < 4.78 is 0. The fraction of sp³-hybridized carbons (Fsp3) is 0.500. The number of hydrogen-bond donors (Lipinski definition) is 2. The Morgan fingerprint density at radius 1 is 1.47 bits per heavy atom. The molecule has 1 aromatic rings. The van der Waals surface area contributed by atoms with Gasteiger partial charge in [-0.15, -0.1) is 0 Å². The summed E-state index contributed by atoms with van der Waals surface area (Å²) >= 11 is 0. The summed E-state index contributed by atoms with van der Waals surface area (Å²) in [6.45, 7) is 3.07. The van der Waals surface area contributed by atoms with E-state index in [9.17, 15) is 4.79 Å². The topological polar surface area (TPSA) is 41.1 Å². The highest BCUT2D eigenvalue weighted by atomic mass is 16.1. The molecule has 1 aliphatic rings. The molecule has 0 saturated carbocycles. The largest absolute Gasteiger partial charge is 0.350 e. The molecule has 0 spiro atoms. The van der Waals surface area contributed by atoms with Gasteiger partial charge >= 0.3 is 0 Å². The van der Waals surface area contributed by atoms with Gasteiger partial charge in [-0.1, -0.05) is 30.3 Å². The summed E-state index contributed by atoms with van der Waals surface area (Å²) in [5.74, 6) is 0.140. The van der Waals surface area contributed by atoms with Gasteiger partial charge in [-0.3, -0.25) is 4.79 Å². The lowest BCUT2D eigenvalue weighted by molar-refractivity contribution is -0.122. The molecule has 0 radical (unpaired) electrons. The van der Waals surface area contributed by atoms with E-state index in [0.29, 0.717) is 12.5 Å². The van der Waals surface area contributed by atoms with Gasteiger partial charge in [0.1, 0.15) is 0 Å². The minimum atomic E-state index is 0.0881. The van der Waals surface area contributed by atoms with Gasteiger partial charge in [-0.05, 0) is 31.9 Å². The van der Waals surface area contributed by atoms with E-state index in [2.05, 4.69) is 10.6 Å². The molecule has 0 bridgehead atoms. The van der Waals surface area contributed by atoms with Crippen molar-refractivity contribution in [2.75, 3.05) is 6.54 Å². The zero-order valence-electron chi connectivity index (χ0n) is 10.3. The first-order valence-electron chi connectivity index (χ1n) is 6.33. The standard InChI is InChI=1S/C14H20N2O/c1-11(12-6-3-2-4-7-12)16-14(17)10-13-8-5-9-15-13/h2-4,6-7,11,13,15H,5,8-10H2,1H3,(H,16,17). The summed E-state index contributed by atoms with van der Waals surface area (Å²) in [4.78, 5) is 11.8. The van der Waals surface area contributed by atoms with E-state index in [1.165, 1.54) is 6.42 Å². The normalized spacial score (nSPS) is 21.1. The van der Waals surface area contributed by atoms with E-state index in [0.717, 1.165) is 18.5 Å². The lowest BCUT2D eigenvalue weighted by atomic mass is 10.1. The van der Waals surface area contributed by atoms with Gasteiger partial charge in [0.2, 0.25) is 5.91 Å². The molecule has 92 valence electrons. The Morgan fingerprint density at radius 2 is 2.24 bits per heavy atom. The van der Waals surface area contributed by atoms with E-state index in [1.54, 1.807) is 0 Å². The molecular formula is C14H20N2O. The molecule has 1 fully saturated rings. The molecule has 2 unspecified atom stereocenters. The molecule has 2 rings (SSSR count). The molecule has 0 aliphatic carbocycles. The van der Waals surface area contributed by atoms with Crippen molar-refractivity contribution in [3.63, 3.8) is 0 Å². The fourth-order valence-corrected chi connectivity index (χ4v) is 2.28. The molecule has 1 saturated heterocycles. The smallest absolute Gasteiger partial charge is 0.222 e. The molecule has 1 aliphatic heterocycles. The Hall–Kier alpha value is -1.35. The SMILES string of the molecule is CC(NC(=O)CC1CCCN1)c1ccccc1. The number of amides is 1. The Labute approximate surface area is 103 Å². The van der Waals surface area contributed by atoms with E-state index in [-0.39, 0.29) is 11.9 Å². The molecule has 1 amide bonds. The van der Waals surface area contributed by atoms with Crippen molar-refractivity contribution in [2.24, 2.45) is 0 Å². The second-order valence-corrected chi connectivity index (χ2v) is 4.70. The van der Waals surface area contributed by atoms with Crippen molar-refractivity contribution >= 4 is 5.91 Å². The van der Waals surface area contributed by atoms with Crippen LogP contribution in [0.2, 0.25) is 0 Å². The molecule has 3 nitrogen and oxygen atoms in total. The summed E-state index contributed by atoms with van der Waals surface area (Å²) in [6.07, 6.45) is 2.90. The van der Waals surface area contributed by atoms with Gasteiger partial charge < -0.3 is 10.6 Å². The van der Waals surface area contributed by atoms with E-state index < -0.39 is 0 Å². The van der Waals surface area contributed by atoms with Crippen molar-refractivity contribution in [3.05, 3.63) is 35.9 Å². The molecule has 2 atom stereocenters. The van der Waals surface area contributed by atoms with E-state index >= 15 is 0 Å². The Kier molecular flexibility index (Phi) is 4.15. The van der Waals surface area contributed by atoms with Gasteiger partial charge in [0.25, 0.3) is 0 Å². The first-order valence-corrected chi connectivity index (χ1v) is 6.33. The van der Waals surface area contributed by atoms with Crippen LogP contribution in [0.15, 0.2) is 30.3 Å². The number of benzene rings is 1. The third kappa shape index (κ3) is 3.56. The maximum Gasteiger partial charge on any atom is 0.222 e. The lowest BCUT2D eigenvalue weighted by Gasteiger charge is -2.16. The van der Waals surface area contributed by atoms with Crippen LogP contribution in [0.3, 0.4) is 0 Å². The average molecular weight is 232 g/mol. The van der Waals surface area contributed by atoms with Gasteiger partial charge in [-0.2, -0.15) is 0 Å².